The third kappa shape index (κ3) is 7.04. The van der Waals surface area contributed by atoms with Crippen LogP contribution in [0.25, 0.3) is 0 Å². The fraction of sp³-hybridized carbons (Fsp3) is 0.222. The van der Waals surface area contributed by atoms with E-state index in [0.717, 1.165) is 5.56 Å². The SMILES string of the molecule is CCOC(=O)C(C(=O)NCc1ccccc1)C(CC(=O)Nc1ccccc1)c1ccccc1. The molecule has 3 aromatic carbocycles. The number of ether oxygens (including phenoxy) is 1. The molecular weight excluding hydrogens is 416 g/mol. The highest BCUT2D eigenvalue weighted by Gasteiger charge is 2.38. The maximum atomic E-state index is 13.2. The van der Waals surface area contributed by atoms with E-state index >= 15 is 0 Å². The van der Waals surface area contributed by atoms with E-state index in [2.05, 4.69) is 10.6 Å². The highest BCUT2D eigenvalue weighted by Crippen LogP contribution is 2.30. The first-order valence-corrected chi connectivity index (χ1v) is 11.0. The minimum absolute atomic E-state index is 0.0544. The Bertz CT molecular complexity index is 1040. The molecule has 0 saturated carbocycles. The van der Waals surface area contributed by atoms with Crippen molar-refractivity contribution in [2.75, 3.05) is 11.9 Å². The Labute approximate surface area is 194 Å². The van der Waals surface area contributed by atoms with Gasteiger partial charge >= 0.3 is 5.97 Å². The number of para-hydroxylation sites is 1. The van der Waals surface area contributed by atoms with Crippen molar-refractivity contribution in [3.63, 3.8) is 0 Å². The van der Waals surface area contributed by atoms with Gasteiger partial charge < -0.3 is 15.4 Å². The van der Waals surface area contributed by atoms with Gasteiger partial charge in [0.05, 0.1) is 6.61 Å². The summed E-state index contributed by atoms with van der Waals surface area (Å²) in [4.78, 5) is 39.1. The van der Waals surface area contributed by atoms with Gasteiger partial charge in [-0.05, 0) is 30.2 Å². The summed E-state index contributed by atoms with van der Waals surface area (Å²) >= 11 is 0. The Morgan fingerprint density at radius 2 is 1.39 bits per heavy atom. The third-order valence-electron chi connectivity index (χ3n) is 5.23. The van der Waals surface area contributed by atoms with Crippen molar-refractivity contribution in [1.29, 1.82) is 0 Å². The fourth-order valence-electron chi connectivity index (χ4n) is 3.64. The standard InChI is InChI=1S/C27H28N2O4/c1-2-33-27(32)25(26(31)28-19-20-12-6-3-7-13-20)23(21-14-8-4-9-15-21)18-24(30)29-22-16-10-5-11-17-22/h3-17,23,25H,2,18-19H2,1H3,(H,28,31)(H,29,30). The van der Waals surface area contributed by atoms with Crippen LogP contribution in [0.2, 0.25) is 0 Å². The lowest BCUT2D eigenvalue weighted by Gasteiger charge is -2.25. The molecule has 2 N–H and O–H groups in total. The van der Waals surface area contributed by atoms with Crippen LogP contribution in [-0.2, 0) is 25.7 Å². The molecule has 3 aromatic rings. The van der Waals surface area contributed by atoms with Crippen LogP contribution in [0.4, 0.5) is 5.69 Å². The predicted molar refractivity (Wildman–Crippen MR) is 127 cm³/mol. The average molecular weight is 445 g/mol. The first-order chi connectivity index (χ1) is 16.1. The van der Waals surface area contributed by atoms with Crippen LogP contribution >= 0.6 is 0 Å². The molecule has 2 amide bonds. The lowest BCUT2D eigenvalue weighted by Crippen LogP contribution is -2.40. The summed E-state index contributed by atoms with van der Waals surface area (Å²) in [6, 6.07) is 27.6. The topological polar surface area (TPSA) is 84.5 Å². The van der Waals surface area contributed by atoms with Gasteiger partial charge in [-0.3, -0.25) is 14.4 Å². The Hall–Kier alpha value is -3.93. The minimum atomic E-state index is -1.17. The van der Waals surface area contributed by atoms with E-state index in [4.69, 9.17) is 4.74 Å². The summed E-state index contributed by atoms with van der Waals surface area (Å²) in [6.07, 6.45) is -0.0544. The van der Waals surface area contributed by atoms with E-state index in [0.29, 0.717) is 11.3 Å². The van der Waals surface area contributed by atoms with Crippen LogP contribution in [0.5, 0.6) is 0 Å². The molecule has 0 aliphatic rings. The highest BCUT2D eigenvalue weighted by molar-refractivity contribution is 6.00. The van der Waals surface area contributed by atoms with Gasteiger partial charge in [0.25, 0.3) is 0 Å². The zero-order valence-corrected chi connectivity index (χ0v) is 18.6. The van der Waals surface area contributed by atoms with Gasteiger partial charge in [0.1, 0.15) is 5.92 Å². The molecule has 0 aromatic heterocycles. The van der Waals surface area contributed by atoms with Crippen LogP contribution in [0.1, 0.15) is 30.4 Å². The van der Waals surface area contributed by atoms with Gasteiger partial charge in [0.15, 0.2) is 0 Å². The predicted octanol–water partition coefficient (Wildman–Crippen LogP) is 4.29. The summed E-state index contributed by atoms with van der Waals surface area (Å²) in [5, 5.41) is 5.68. The molecule has 170 valence electrons. The van der Waals surface area contributed by atoms with E-state index in [1.807, 2.05) is 78.9 Å². The number of hydrogen-bond donors (Lipinski definition) is 2. The van der Waals surface area contributed by atoms with E-state index in [1.54, 1.807) is 19.1 Å². The van der Waals surface area contributed by atoms with Crippen LogP contribution in [0.3, 0.4) is 0 Å². The second-order valence-corrected chi connectivity index (χ2v) is 7.57. The van der Waals surface area contributed by atoms with E-state index < -0.39 is 23.7 Å². The number of anilines is 1. The molecule has 0 bridgehead atoms. The van der Waals surface area contributed by atoms with Crippen molar-refractivity contribution in [2.24, 2.45) is 5.92 Å². The number of amides is 2. The molecule has 6 nitrogen and oxygen atoms in total. The molecule has 0 saturated heterocycles. The number of carbonyl (C=O) groups excluding carboxylic acids is 3. The second-order valence-electron chi connectivity index (χ2n) is 7.57. The van der Waals surface area contributed by atoms with E-state index in [-0.39, 0.29) is 25.5 Å². The Morgan fingerprint density at radius 1 is 0.818 bits per heavy atom. The molecule has 0 heterocycles. The van der Waals surface area contributed by atoms with Crippen LogP contribution in [-0.4, -0.2) is 24.4 Å². The first kappa shape index (κ1) is 23.7. The number of rotatable bonds is 10. The normalized spacial score (nSPS) is 12.3. The quantitative estimate of drug-likeness (QED) is 0.361. The van der Waals surface area contributed by atoms with Gasteiger partial charge in [0.2, 0.25) is 11.8 Å². The van der Waals surface area contributed by atoms with Crippen molar-refractivity contribution in [3.05, 3.63) is 102 Å². The first-order valence-electron chi connectivity index (χ1n) is 11.0. The molecular formula is C27H28N2O4. The largest absolute Gasteiger partial charge is 0.465 e. The zero-order chi connectivity index (χ0) is 23.5. The van der Waals surface area contributed by atoms with Crippen molar-refractivity contribution < 1.29 is 19.1 Å². The summed E-state index contributed by atoms with van der Waals surface area (Å²) < 4.78 is 5.25. The second kappa shape index (κ2) is 12.2. The molecule has 2 unspecified atom stereocenters. The van der Waals surface area contributed by atoms with Crippen molar-refractivity contribution in [1.82, 2.24) is 5.32 Å². The summed E-state index contributed by atoms with van der Waals surface area (Å²) in [5.41, 5.74) is 2.27. The van der Waals surface area contributed by atoms with Gasteiger partial charge in [-0.15, -0.1) is 0 Å². The number of carbonyl (C=O) groups is 3. The monoisotopic (exact) mass is 444 g/mol. The van der Waals surface area contributed by atoms with Gasteiger partial charge in [-0.25, -0.2) is 0 Å². The van der Waals surface area contributed by atoms with Crippen molar-refractivity contribution >= 4 is 23.5 Å². The average Bonchev–Trinajstić information content (AvgIpc) is 2.84. The highest BCUT2D eigenvalue weighted by atomic mass is 16.5. The molecule has 0 aliphatic carbocycles. The molecule has 0 fully saturated rings. The molecule has 0 radical (unpaired) electrons. The van der Waals surface area contributed by atoms with E-state index in [9.17, 15) is 14.4 Å². The summed E-state index contributed by atoms with van der Waals surface area (Å²) in [7, 11) is 0. The molecule has 0 spiro atoms. The minimum Gasteiger partial charge on any atom is -0.465 e. The summed E-state index contributed by atoms with van der Waals surface area (Å²) in [5.74, 6) is -3.27. The maximum Gasteiger partial charge on any atom is 0.319 e. The Kier molecular flexibility index (Phi) is 8.77. The number of nitrogens with one attached hydrogen (secondary N) is 2. The zero-order valence-electron chi connectivity index (χ0n) is 18.6. The molecule has 33 heavy (non-hydrogen) atoms. The Morgan fingerprint density at radius 3 is 2.00 bits per heavy atom. The molecule has 0 aliphatic heterocycles. The number of hydrogen-bond acceptors (Lipinski definition) is 4. The lowest BCUT2D eigenvalue weighted by molar-refractivity contribution is -0.153. The van der Waals surface area contributed by atoms with Crippen molar-refractivity contribution in [3.8, 4) is 0 Å². The number of benzene rings is 3. The maximum absolute atomic E-state index is 13.2. The smallest absolute Gasteiger partial charge is 0.319 e. The van der Waals surface area contributed by atoms with Crippen LogP contribution < -0.4 is 10.6 Å². The van der Waals surface area contributed by atoms with E-state index in [1.165, 1.54) is 0 Å². The Balaban J connectivity index is 1.85. The van der Waals surface area contributed by atoms with Gasteiger partial charge in [0, 0.05) is 24.6 Å². The third-order valence-corrected chi connectivity index (χ3v) is 5.23. The lowest BCUT2D eigenvalue weighted by atomic mass is 9.82. The summed E-state index contributed by atoms with van der Waals surface area (Å²) in [6.45, 7) is 2.10. The van der Waals surface area contributed by atoms with Crippen LogP contribution in [0.15, 0.2) is 91.0 Å². The number of esters is 1. The fourth-order valence-corrected chi connectivity index (χ4v) is 3.64. The van der Waals surface area contributed by atoms with Gasteiger partial charge in [-0.1, -0.05) is 78.9 Å². The molecule has 2 atom stereocenters. The van der Waals surface area contributed by atoms with Crippen LogP contribution in [0, 0.1) is 5.92 Å². The molecule has 6 heteroatoms. The molecule has 3 rings (SSSR count). The van der Waals surface area contributed by atoms with Gasteiger partial charge in [-0.2, -0.15) is 0 Å². The van der Waals surface area contributed by atoms with Crippen molar-refractivity contribution in [2.45, 2.75) is 25.8 Å².